The van der Waals surface area contributed by atoms with Crippen molar-refractivity contribution in [1.29, 1.82) is 0 Å². The Labute approximate surface area is 167 Å². The minimum Gasteiger partial charge on any atom is -0.455 e. The van der Waals surface area contributed by atoms with Crippen LogP contribution in [0, 0.1) is 10.1 Å². The highest BCUT2D eigenvalue weighted by molar-refractivity contribution is 5.97. The van der Waals surface area contributed by atoms with E-state index in [1.54, 1.807) is 24.3 Å². The van der Waals surface area contributed by atoms with Gasteiger partial charge in [-0.15, -0.1) is 0 Å². The summed E-state index contributed by atoms with van der Waals surface area (Å²) in [4.78, 5) is 34.1. The molecule has 1 saturated carbocycles. The predicted octanol–water partition coefficient (Wildman–Crippen LogP) is 3.14. The molecule has 0 unspecified atom stereocenters. The number of nitrogens with one attached hydrogen (secondary N) is 2. The van der Waals surface area contributed by atoms with Gasteiger partial charge in [-0.2, -0.15) is 5.10 Å². The maximum atomic E-state index is 11.9. The molecule has 1 aliphatic carbocycles. The monoisotopic (exact) mass is 398 g/mol. The first kappa shape index (κ1) is 20.2. The molecule has 1 aliphatic rings. The number of furan rings is 1. The number of benzene rings is 1. The molecule has 0 spiro atoms. The van der Waals surface area contributed by atoms with Crippen molar-refractivity contribution in [3.05, 3.63) is 52.3 Å². The minimum atomic E-state index is -0.514. The van der Waals surface area contributed by atoms with Crippen molar-refractivity contribution in [1.82, 2.24) is 10.7 Å². The number of amides is 2. The summed E-state index contributed by atoms with van der Waals surface area (Å²) in [7, 11) is 0. The first-order valence-electron chi connectivity index (χ1n) is 9.47. The number of hydrazone groups is 1. The third kappa shape index (κ3) is 6.00. The summed E-state index contributed by atoms with van der Waals surface area (Å²) in [5, 5.41) is 17.5. The molecule has 1 aromatic heterocycles. The lowest BCUT2D eigenvalue weighted by atomic mass is 9.95. The third-order valence-electron chi connectivity index (χ3n) is 4.64. The number of carbonyl (C=O) groups excluding carboxylic acids is 2. The SMILES string of the molecule is O=C(CC(=O)NC1CCCCC1)N/N=C/c1ccc(-c2cccc([N+](=O)[O-])c2)o1. The van der Waals surface area contributed by atoms with Crippen LogP contribution in [-0.2, 0) is 9.59 Å². The van der Waals surface area contributed by atoms with E-state index in [0.717, 1.165) is 25.7 Å². The van der Waals surface area contributed by atoms with Gasteiger partial charge in [0.1, 0.15) is 17.9 Å². The second-order valence-corrected chi connectivity index (χ2v) is 6.88. The Morgan fingerprint density at radius 1 is 1.17 bits per heavy atom. The van der Waals surface area contributed by atoms with Gasteiger partial charge < -0.3 is 9.73 Å². The van der Waals surface area contributed by atoms with E-state index in [-0.39, 0.29) is 24.1 Å². The van der Waals surface area contributed by atoms with Crippen LogP contribution in [0.5, 0.6) is 0 Å². The molecule has 3 rings (SSSR count). The van der Waals surface area contributed by atoms with Gasteiger partial charge in [0, 0.05) is 23.7 Å². The summed E-state index contributed by atoms with van der Waals surface area (Å²) in [6.07, 6.45) is 6.32. The molecule has 0 radical (unpaired) electrons. The fraction of sp³-hybridized carbons (Fsp3) is 0.350. The minimum absolute atomic E-state index is 0.0344. The van der Waals surface area contributed by atoms with Crippen LogP contribution >= 0.6 is 0 Å². The van der Waals surface area contributed by atoms with Crippen LogP contribution in [0.4, 0.5) is 5.69 Å². The van der Waals surface area contributed by atoms with E-state index in [0.29, 0.717) is 17.1 Å². The Morgan fingerprint density at radius 3 is 2.72 bits per heavy atom. The number of nitro groups is 1. The van der Waals surface area contributed by atoms with E-state index in [2.05, 4.69) is 15.8 Å². The van der Waals surface area contributed by atoms with E-state index in [1.807, 2.05) is 0 Å². The highest BCUT2D eigenvalue weighted by atomic mass is 16.6. The normalized spacial score (nSPS) is 14.6. The number of nitro benzene ring substituents is 1. The number of hydrogen-bond acceptors (Lipinski definition) is 6. The van der Waals surface area contributed by atoms with Gasteiger partial charge in [0.25, 0.3) is 5.69 Å². The third-order valence-corrected chi connectivity index (χ3v) is 4.64. The molecule has 1 fully saturated rings. The van der Waals surface area contributed by atoms with Crippen LogP contribution in [-0.4, -0.2) is 29.0 Å². The Balaban J connectivity index is 1.49. The molecule has 152 valence electrons. The van der Waals surface area contributed by atoms with Gasteiger partial charge in [-0.3, -0.25) is 19.7 Å². The number of hydrogen-bond donors (Lipinski definition) is 2. The summed E-state index contributed by atoms with van der Waals surface area (Å²) in [6.45, 7) is 0. The molecule has 29 heavy (non-hydrogen) atoms. The molecule has 1 aromatic carbocycles. The van der Waals surface area contributed by atoms with Crippen LogP contribution in [0.25, 0.3) is 11.3 Å². The van der Waals surface area contributed by atoms with E-state index >= 15 is 0 Å². The van der Waals surface area contributed by atoms with Crippen molar-refractivity contribution in [2.75, 3.05) is 0 Å². The molecular formula is C20H22N4O5. The zero-order chi connectivity index (χ0) is 20.6. The van der Waals surface area contributed by atoms with Crippen molar-refractivity contribution in [2.24, 2.45) is 5.10 Å². The first-order chi connectivity index (χ1) is 14.0. The molecule has 2 amide bonds. The molecular weight excluding hydrogens is 376 g/mol. The van der Waals surface area contributed by atoms with Crippen molar-refractivity contribution >= 4 is 23.7 Å². The number of non-ortho nitro benzene ring substituents is 1. The van der Waals surface area contributed by atoms with E-state index in [9.17, 15) is 19.7 Å². The van der Waals surface area contributed by atoms with Crippen LogP contribution in [0.1, 0.15) is 44.3 Å². The molecule has 2 aromatic rings. The van der Waals surface area contributed by atoms with Crippen LogP contribution in [0.3, 0.4) is 0 Å². The average molecular weight is 398 g/mol. The van der Waals surface area contributed by atoms with Crippen molar-refractivity contribution in [3.8, 4) is 11.3 Å². The van der Waals surface area contributed by atoms with Crippen LogP contribution < -0.4 is 10.7 Å². The summed E-state index contributed by atoms with van der Waals surface area (Å²) >= 11 is 0. The zero-order valence-electron chi connectivity index (χ0n) is 15.8. The second kappa shape index (κ2) is 9.63. The van der Waals surface area contributed by atoms with Crippen LogP contribution in [0.15, 0.2) is 45.9 Å². The average Bonchev–Trinajstić information content (AvgIpc) is 3.17. The lowest BCUT2D eigenvalue weighted by molar-refractivity contribution is -0.384. The molecule has 1 heterocycles. The lowest BCUT2D eigenvalue weighted by Crippen LogP contribution is -2.38. The fourth-order valence-electron chi connectivity index (χ4n) is 3.23. The Bertz CT molecular complexity index is 915. The summed E-state index contributed by atoms with van der Waals surface area (Å²) in [5.41, 5.74) is 2.82. The van der Waals surface area contributed by atoms with Gasteiger partial charge in [-0.25, -0.2) is 5.43 Å². The quantitative estimate of drug-likeness (QED) is 0.321. The lowest BCUT2D eigenvalue weighted by Gasteiger charge is -2.22. The predicted molar refractivity (Wildman–Crippen MR) is 106 cm³/mol. The fourth-order valence-corrected chi connectivity index (χ4v) is 3.23. The standard InChI is InChI=1S/C20H22N4O5/c25-19(22-15-6-2-1-3-7-15)12-20(26)23-21-13-17-9-10-18(29-17)14-5-4-8-16(11-14)24(27)28/h4-5,8-11,13,15H,1-3,6-7,12H2,(H,22,25)(H,23,26)/b21-13+. The van der Waals surface area contributed by atoms with Gasteiger partial charge in [0.2, 0.25) is 11.8 Å². The van der Waals surface area contributed by atoms with Gasteiger partial charge in [0.05, 0.1) is 11.1 Å². The molecule has 2 N–H and O–H groups in total. The largest absolute Gasteiger partial charge is 0.455 e. The number of nitrogens with zero attached hydrogens (tertiary/aromatic N) is 2. The number of rotatable bonds is 7. The van der Waals surface area contributed by atoms with E-state index in [4.69, 9.17) is 4.42 Å². The Kier molecular flexibility index (Phi) is 6.72. The van der Waals surface area contributed by atoms with Crippen molar-refractivity contribution in [2.45, 2.75) is 44.6 Å². The molecule has 0 atom stereocenters. The second-order valence-electron chi connectivity index (χ2n) is 6.88. The van der Waals surface area contributed by atoms with Gasteiger partial charge in [0.15, 0.2) is 0 Å². The molecule has 9 nitrogen and oxygen atoms in total. The first-order valence-corrected chi connectivity index (χ1v) is 9.47. The maximum Gasteiger partial charge on any atom is 0.270 e. The molecule has 0 bridgehead atoms. The Morgan fingerprint density at radius 2 is 1.97 bits per heavy atom. The topological polar surface area (TPSA) is 127 Å². The Hall–Kier alpha value is -3.49. The zero-order valence-corrected chi connectivity index (χ0v) is 15.8. The van der Waals surface area contributed by atoms with Crippen molar-refractivity contribution < 1.29 is 18.9 Å². The maximum absolute atomic E-state index is 11.9. The highest BCUT2D eigenvalue weighted by Crippen LogP contribution is 2.25. The smallest absolute Gasteiger partial charge is 0.270 e. The van der Waals surface area contributed by atoms with E-state index in [1.165, 1.54) is 24.8 Å². The summed E-state index contributed by atoms with van der Waals surface area (Å²) in [6, 6.07) is 9.51. The summed E-state index contributed by atoms with van der Waals surface area (Å²) < 4.78 is 5.57. The van der Waals surface area contributed by atoms with Gasteiger partial charge in [-0.05, 0) is 25.0 Å². The summed E-state index contributed by atoms with van der Waals surface area (Å²) in [5.74, 6) is -0.0256. The highest BCUT2D eigenvalue weighted by Gasteiger charge is 2.17. The molecule has 0 aliphatic heterocycles. The van der Waals surface area contributed by atoms with Crippen LogP contribution in [0.2, 0.25) is 0 Å². The molecule has 0 saturated heterocycles. The van der Waals surface area contributed by atoms with E-state index < -0.39 is 10.8 Å². The van der Waals surface area contributed by atoms with Gasteiger partial charge >= 0.3 is 0 Å². The van der Waals surface area contributed by atoms with Gasteiger partial charge in [-0.1, -0.05) is 31.4 Å². The number of carbonyl (C=O) groups is 2. The molecule has 9 heteroatoms. The van der Waals surface area contributed by atoms with Crippen molar-refractivity contribution in [3.63, 3.8) is 0 Å².